The Balaban J connectivity index is 1.23. The Hall–Kier alpha value is -3.52. The van der Waals surface area contributed by atoms with E-state index >= 15 is 0 Å². The summed E-state index contributed by atoms with van der Waals surface area (Å²) in [5.41, 5.74) is 5.05. The van der Waals surface area contributed by atoms with Crippen LogP contribution in [0.4, 0.5) is 0 Å². The molecule has 0 radical (unpaired) electrons. The predicted molar refractivity (Wildman–Crippen MR) is 150 cm³/mol. The highest BCUT2D eigenvalue weighted by molar-refractivity contribution is 7.09. The highest BCUT2D eigenvalue weighted by Crippen LogP contribution is 2.21. The summed E-state index contributed by atoms with van der Waals surface area (Å²) in [6.07, 6.45) is 5.45. The van der Waals surface area contributed by atoms with Crippen LogP contribution in [0.2, 0.25) is 5.02 Å². The van der Waals surface area contributed by atoms with Gasteiger partial charge in [0, 0.05) is 65.4 Å². The van der Waals surface area contributed by atoms with Gasteiger partial charge in [0.2, 0.25) is 0 Å². The van der Waals surface area contributed by atoms with E-state index in [0.717, 1.165) is 40.8 Å². The fraction of sp³-hybridized carbons (Fsp3) is 0.207. The number of thiazole rings is 1. The molecule has 0 atom stereocenters. The van der Waals surface area contributed by atoms with Gasteiger partial charge < -0.3 is 10.3 Å². The number of amides is 1. The molecule has 5 aromatic rings. The maximum Gasteiger partial charge on any atom is 0.270 e. The van der Waals surface area contributed by atoms with Crippen molar-refractivity contribution in [2.75, 3.05) is 13.1 Å². The van der Waals surface area contributed by atoms with E-state index < -0.39 is 0 Å². The molecule has 6 nitrogen and oxygen atoms in total. The quantitative estimate of drug-likeness (QED) is 0.224. The molecule has 188 valence electrons. The third-order valence-corrected chi connectivity index (χ3v) is 7.31. The van der Waals surface area contributed by atoms with E-state index in [1.54, 1.807) is 6.20 Å². The van der Waals surface area contributed by atoms with Gasteiger partial charge in [-0.2, -0.15) is 0 Å². The summed E-state index contributed by atoms with van der Waals surface area (Å²) in [4.78, 5) is 27.3. The van der Waals surface area contributed by atoms with Crippen LogP contribution in [0.3, 0.4) is 0 Å². The van der Waals surface area contributed by atoms with Gasteiger partial charge in [-0.25, -0.2) is 4.98 Å². The lowest BCUT2D eigenvalue weighted by atomic mass is 10.1. The summed E-state index contributed by atoms with van der Waals surface area (Å²) in [5, 5.41) is 7.70. The van der Waals surface area contributed by atoms with E-state index in [0.29, 0.717) is 25.2 Å². The highest BCUT2D eigenvalue weighted by atomic mass is 35.5. The molecule has 2 N–H and O–H groups in total. The predicted octanol–water partition coefficient (Wildman–Crippen LogP) is 5.89. The molecule has 0 aliphatic carbocycles. The van der Waals surface area contributed by atoms with Crippen LogP contribution in [0.15, 0.2) is 84.5 Å². The van der Waals surface area contributed by atoms with Gasteiger partial charge in [-0.3, -0.25) is 14.7 Å². The number of hydrogen-bond donors (Lipinski definition) is 2. The van der Waals surface area contributed by atoms with E-state index in [4.69, 9.17) is 11.6 Å². The fourth-order valence-corrected chi connectivity index (χ4v) is 5.24. The third-order valence-electron chi connectivity index (χ3n) is 6.23. The molecule has 0 aliphatic rings. The summed E-state index contributed by atoms with van der Waals surface area (Å²) >= 11 is 7.62. The molecule has 1 amide bonds. The van der Waals surface area contributed by atoms with E-state index in [-0.39, 0.29) is 5.91 Å². The molecule has 37 heavy (non-hydrogen) atoms. The third kappa shape index (κ3) is 6.83. The smallest absolute Gasteiger partial charge is 0.270 e. The van der Waals surface area contributed by atoms with Gasteiger partial charge in [0.25, 0.3) is 5.91 Å². The molecule has 5 rings (SSSR count). The van der Waals surface area contributed by atoms with Crippen molar-refractivity contribution in [1.82, 2.24) is 25.2 Å². The number of pyridine rings is 1. The minimum Gasteiger partial charge on any atom is -0.361 e. The molecule has 0 unspecified atom stereocenters. The van der Waals surface area contributed by atoms with Gasteiger partial charge in [0.1, 0.15) is 10.7 Å². The number of benzene rings is 2. The van der Waals surface area contributed by atoms with E-state index in [1.165, 1.54) is 27.8 Å². The Morgan fingerprint density at radius 1 is 1.00 bits per heavy atom. The van der Waals surface area contributed by atoms with Crippen LogP contribution in [0.1, 0.15) is 32.3 Å². The molecule has 3 heterocycles. The number of halogens is 1. The monoisotopic (exact) mass is 529 g/mol. The first-order chi connectivity index (χ1) is 18.1. The second kappa shape index (κ2) is 12.1. The lowest BCUT2D eigenvalue weighted by Gasteiger charge is -2.21. The molecule has 2 aromatic carbocycles. The van der Waals surface area contributed by atoms with Crippen molar-refractivity contribution in [2.24, 2.45) is 0 Å². The van der Waals surface area contributed by atoms with Crippen LogP contribution >= 0.6 is 22.9 Å². The zero-order chi connectivity index (χ0) is 25.5. The highest BCUT2D eigenvalue weighted by Gasteiger charge is 2.15. The summed E-state index contributed by atoms with van der Waals surface area (Å²) in [6.45, 7) is 2.81. The number of carbonyl (C=O) groups is 1. The maximum atomic E-state index is 12.6. The maximum absolute atomic E-state index is 12.6. The Kier molecular flexibility index (Phi) is 8.25. The number of aromatic nitrogens is 3. The molecule has 0 spiro atoms. The standard InChI is InChI=1S/C29H28ClN5OS/c30-23-10-8-21(9-11-23)18-35(16-13-22-17-33-26-7-2-1-6-25(22)26)19-28-34-27(20-37-28)29(36)32-15-12-24-5-3-4-14-31-24/h1-11,14,17,20,33H,12-13,15-16,18-19H2,(H,32,36). The average Bonchev–Trinajstić information content (AvgIpc) is 3.56. The molecule has 0 saturated carbocycles. The fourth-order valence-electron chi connectivity index (χ4n) is 4.30. The Bertz CT molecular complexity index is 1450. The molecule has 0 fully saturated rings. The second-order valence-electron chi connectivity index (χ2n) is 8.90. The molecule has 0 bridgehead atoms. The average molecular weight is 530 g/mol. The number of hydrogen-bond acceptors (Lipinski definition) is 5. The topological polar surface area (TPSA) is 73.9 Å². The van der Waals surface area contributed by atoms with Crippen molar-refractivity contribution >= 4 is 39.7 Å². The number of aromatic amines is 1. The SMILES string of the molecule is O=C(NCCc1ccccn1)c1csc(CN(CCc2c[nH]c3ccccc23)Cc2ccc(Cl)cc2)n1. The summed E-state index contributed by atoms with van der Waals surface area (Å²) in [6, 6.07) is 22.1. The Morgan fingerprint density at radius 2 is 1.84 bits per heavy atom. The Labute approximate surface area is 225 Å². The number of carbonyl (C=O) groups excluding carboxylic acids is 1. The first kappa shape index (κ1) is 25.1. The zero-order valence-corrected chi connectivity index (χ0v) is 21.9. The molecule has 0 saturated heterocycles. The molecule has 0 aliphatic heterocycles. The van der Waals surface area contributed by atoms with Crippen molar-refractivity contribution in [3.8, 4) is 0 Å². The normalized spacial score (nSPS) is 11.3. The van der Waals surface area contributed by atoms with E-state index in [1.807, 2.05) is 41.8 Å². The lowest BCUT2D eigenvalue weighted by Crippen LogP contribution is -2.27. The first-order valence-electron chi connectivity index (χ1n) is 12.3. The molecular weight excluding hydrogens is 502 g/mol. The number of H-pyrrole nitrogens is 1. The van der Waals surface area contributed by atoms with Gasteiger partial charge in [-0.15, -0.1) is 11.3 Å². The van der Waals surface area contributed by atoms with Crippen molar-refractivity contribution in [3.05, 3.63) is 117 Å². The van der Waals surface area contributed by atoms with Crippen LogP contribution in [0, 0.1) is 0 Å². The van der Waals surface area contributed by atoms with Crippen molar-refractivity contribution in [1.29, 1.82) is 0 Å². The van der Waals surface area contributed by atoms with Crippen LogP contribution < -0.4 is 5.32 Å². The van der Waals surface area contributed by atoms with Crippen LogP contribution in [-0.4, -0.2) is 38.8 Å². The van der Waals surface area contributed by atoms with Crippen molar-refractivity contribution in [2.45, 2.75) is 25.9 Å². The van der Waals surface area contributed by atoms with Gasteiger partial charge in [0.15, 0.2) is 0 Å². The first-order valence-corrected chi connectivity index (χ1v) is 13.5. The number of fused-ring (bicyclic) bond motifs is 1. The number of para-hydroxylation sites is 1. The van der Waals surface area contributed by atoms with Crippen LogP contribution in [0.25, 0.3) is 10.9 Å². The summed E-state index contributed by atoms with van der Waals surface area (Å²) in [7, 11) is 0. The Morgan fingerprint density at radius 3 is 2.68 bits per heavy atom. The van der Waals surface area contributed by atoms with Crippen LogP contribution in [0.5, 0.6) is 0 Å². The summed E-state index contributed by atoms with van der Waals surface area (Å²) in [5.74, 6) is -0.151. The lowest BCUT2D eigenvalue weighted by molar-refractivity contribution is 0.0949. The van der Waals surface area contributed by atoms with Gasteiger partial charge in [0.05, 0.1) is 6.54 Å². The van der Waals surface area contributed by atoms with Crippen LogP contribution in [-0.2, 0) is 25.9 Å². The molecule has 8 heteroatoms. The van der Waals surface area contributed by atoms with Gasteiger partial charge >= 0.3 is 0 Å². The zero-order valence-electron chi connectivity index (χ0n) is 20.4. The number of rotatable bonds is 11. The van der Waals surface area contributed by atoms with E-state index in [2.05, 4.69) is 61.7 Å². The summed E-state index contributed by atoms with van der Waals surface area (Å²) < 4.78 is 0. The van der Waals surface area contributed by atoms with Crippen molar-refractivity contribution < 1.29 is 4.79 Å². The minimum atomic E-state index is -0.151. The van der Waals surface area contributed by atoms with Gasteiger partial charge in [-0.1, -0.05) is 48.0 Å². The second-order valence-corrected chi connectivity index (χ2v) is 10.3. The number of nitrogens with one attached hydrogen (secondary N) is 2. The van der Waals surface area contributed by atoms with E-state index in [9.17, 15) is 4.79 Å². The molecular formula is C29H28ClN5OS. The molecule has 3 aromatic heterocycles. The largest absolute Gasteiger partial charge is 0.361 e. The van der Waals surface area contributed by atoms with Gasteiger partial charge in [-0.05, 0) is 47.9 Å². The minimum absolute atomic E-state index is 0.151. The van der Waals surface area contributed by atoms with Crippen molar-refractivity contribution in [3.63, 3.8) is 0 Å². The number of nitrogens with zero attached hydrogens (tertiary/aromatic N) is 3.